The van der Waals surface area contributed by atoms with Crippen molar-refractivity contribution in [2.75, 3.05) is 6.26 Å². The summed E-state index contributed by atoms with van der Waals surface area (Å²) in [6, 6.07) is 2.27. The van der Waals surface area contributed by atoms with E-state index in [1.54, 1.807) is 17.8 Å². The van der Waals surface area contributed by atoms with E-state index in [0.29, 0.717) is 16.5 Å². The van der Waals surface area contributed by atoms with Gasteiger partial charge in [0, 0.05) is 30.6 Å². The molecule has 0 radical (unpaired) electrons. The Morgan fingerprint density at radius 1 is 1.57 bits per heavy atom. The van der Waals surface area contributed by atoms with E-state index in [4.69, 9.17) is 10.8 Å². The van der Waals surface area contributed by atoms with Gasteiger partial charge in [-0.2, -0.15) is 0 Å². The average molecular weight is 309 g/mol. The highest BCUT2D eigenvalue weighted by molar-refractivity contribution is 7.98. The fourth-order valence-electron chi connectivity index (χ4n) is 2.30. The summed E-state index contributed by atoms with van der Waals surface area (Å²) in [7, 11) is 1.77. The van der Waals surface area contributed by atoms with Gasteiger partial charge < -0.3 is 15.4 Å². The number of carboxylic acid groups (broad SMARTS) is 1. The predicted octanol–water partition coefficient (Wildman–Crippen LogP) is 1.76. The van der Waals surface area contributed by atoms with Gasteiger partial charge in [0.25, 0.3) is 5.69 Å². The Balaban J connectivity index is 2.68. The molecule has 1 aromatic carbocycles. The third kappa shape index (κ3) is 2.86. The largest absolute Gasteiger partial charge is 0.480 e. The summed E-state index contributed by atoms with van der Waals surface area (Å²) in [5.74, 6) is -1.13. The van der Waals surface area contributed by atoms with Crippen molar-refractivity contribution in [3.05, 3.63) is 34.0 Å². The highest BCUT2D eigenvalue weighted by Crippen LogP contribution is 2.34. The molecule has 0 fully saturated rings. The van der Waals surface area contributed by atoms with Crippen LogP contribution < -0.4 is 5.73 Å². The molecule has 0 saturated heterocycles. The number of benzene rings is 1. The van der Waals surface area contributed by atoms with Gasteiger partial charge >= 0.3 is 5.97 Å². The molecule has 0 aliphatic rings. The van der Waals surface area contributed by atoms with Gasteiger partial charge in [0.2, 0.25) is 0 Å². The summed E-state index contributed by atoms with van der Waals surface area (Å²) in [5.41, 5.74) is 6.79. The van der Waals surface area contributed by atoms with E-state index in [1.165, 1.54) is 17.8 Å². The monoisotopic (exact) mass is 309 g/mol. The van der Waals surface area contributed by atoms with Gasteiger partial charge in [-0.1, -0.05) is 0 Å². The molecule has 112 valence electrons. The maximum atomic E-state index is 11.3. The van der Waals surface area contributed by atoms with Crippen LogP contribution in [0.2, 0.25) is 0 Å². The van der Waals surface area contributed by atoms with Crippen LogP contribution in [0.4, 0.5) is 5.69 Å². The topological polar surface area (TPSA) is 111 Å². The molecule has 2 rings (SSSR count). The molecule has 21 heavy (non-hydrogen) atoms. The fraction of sp³-hybridized carbons (Fsp3) is 0.308. The molecule has 0 saturated carbocycles. The number of nitrogens with two attached hydrogens (primary N) is 1. The zero-order chi connectivity index (χ0) is 15.7. The molecule has 0 spiro atoms. The summed E-state index contributed by atoms with van der Waals surface area (Å²) in [5, 5.41) is 20.7. The molecule has 7 nitrogen and oxygen atoms in total. The lowest BCUT2D eigenvalue weighted by Gasteiger charge is -2.06. The Kier molecular flexibility index (Phi) is 4.19. The number of aryl methyl sites for hydroxylation is 1. The second-order valence-corrected chi connectivity index (χ2v) is 5.59. The first-order valence-corrected chi connectivity index (χ1v) is 7.36. The number of hydrogen-bond donors (Lipinski definition) is 2. The molecule has 1 aromatic heterocycles. The van der Waals surface area contributed by atoms with Crippen molar-refractivity contribution in [1.29, 1.82) is 0 Å². The summed E-state index contributed by atoms with van der Waals surface area (Å²) in [4.78, 5) is 22.5. The second kappa shape index (κ2) is 5.74. The van der Waals surface area contributed by atoms with E-state index in [2.05, 4.69) is 0 Å². The number of hydrogen-bond acceptors (Lipinski definition) is 5. The third-order valence-electron chi connectivity index (χ3n) is 3.31. The number of thioether (sulfide) groups is 1. The summed E-state index contributed by atoms with van der Waals surface area (Å²) in [6.45, 7) is 0. The Morgan fingerprint density at radius 3 is 2.76 bits per heavy atom. The molecule has 0 aliphatic heterocycles. The quantitative estimate of drug-likeness (QED) is 0.494. The van der Waals surface area contributed by atoms with Crippen LogP contribution in [0.1, 0.15) is 5.56 Å². The normalized spacial score (nSPS) is 12.5. The van der Waals surface area contributed by atoms with Crippen LogP contribution in [0, 0.1) is 10.1 Å². The Hall–Kier alpha value is -2.06. The molecule has 0 amide bonds. The summed E-state index contributed by atoms with van der Waals surface area (Å²) in [6.07, 6.45) is 3.59. The lowest BCUT2D eigenvalue weighted by atomic mass is 10.0. The number of nitro benzene ring substituents is 1. The van der Waals surface area contributed by atoms with E-state index in [9.17, 15) is 14.9 Å². The molecule has 1 atom stereocenters. The number of nitro groups is 1. The molecule has 0 aliphatic carbocycles. The highest BCUT2D eigenvalue weighted by Gasteiger charge is 2.23. The Morgan fingerprint density at radius 2 is 2.24 bits per heavy atom. The van der Waals surface area contributed by atoms with E-state index in [0.717, 1.165) is 4.90 Å². The average Bonchev–Trinajstić information content (AvgIpc) is 2.74. The number of aliphatic carboxylic acids is 1. The van der Waals surface area contributed by atoms with Crippen molar-refractivity contribution in [3.63, 3.8) is 0 Å². The molecular weight excluding hydrogens is 294 g/mol. The maximum Gasteiger partial charge on any atom is 0.320 e. The van der Waals surface area contributed by atoms with Crippen molar-refractivity contribution in [3.8, 4) is 0 Å². The van der Waals surface area contributed by atoms with E-state index < -0.39 is 16.9 Å². The fourth-order valence-corrected chi connectivity index (χ4v) is 2.76. The van der Waals surface area contributed by atoms with Crippen molar-refractivity contribution in [2.24, 2.45) is 12.8 Å². The van der Waals surface area contributed by atoms with Gasteiger partial charge in [-0.3, -0.25) is 14.9 Å². The lowest BCUT2D eigenvalue weighted by Crippen LogP contribution is -2.32. The predicted molar refractivity (Wildman–Crippen MR) is 80.7 cm³/mol. The number of fused-ring (bicyclic) bond motifs is 1. The van der Waals surface area contributed by atoms with Crippen molar-refractivity contribution >= 4 is 34.3 Å². The van der Waals surface area contributed by atoms with Crippen molar-refractivity contribution in [2.45, 2.75) is 17.4 Å². The van der Waals surface area contributed by atoms with E-state index in [-0.39, 0.29) is 12.1 Å². The number of non-ortho nitro benzene ring substituents is 1. The van der Waals surface area contributed by atoms with Crippen LogP contribution in [0.25, 0.3) is 10.9 Å². The van der Waals surface area contributed by atoms with Crippen LogP contribution in [0.3, 0.4) is 0 Å². The van der Waals surface area contributed by atoms with Gasteiger partial charge in [0.05, 0.1) is 15.8 Å². The van der Waals surface area contributed by atoms with Crippen LogP contribution in [0.15, 0.2) is 23.2 Å². The first-order valence-electron chi connectivity index (χ1n) is 6.14. The van der Waals surface area contributed by atoms with Gasteiger partial charge in [-0.15, -0.1) is 11.8 Å². The number of nitrogens with zero attached hydrogens (tertiary/aromatic N) is 2. The van der Waals surface area contributed by atoms with Gasteiger partial charge in [-0.25, -0.2) is 0 Å². The molecule has 3 N–H and O–H groups in total. The van der Waals surface area contributed by atoms with Crippen molar-refractivity contribution in [1.82, 2.24) is 4.57 Å². The highest BCUT2D eigenvalue weighted by atomic mass is 32.2. The Labute approximate surface area is 124 Å². The first-order chi connectivity index (χ1) is 9.85. The van der Waals surface area contributed by atoms with Gasteiger partial charge in [0.15, 0.2) is 0 Å². The number of carbonyl (C=O) groups is 1. The number of rotatable bonds is 5. The standard InChI is InChI=1S/C13H15N3O4S/c1-15-6-7(3-9(14)13(17)18)12-10(15)4-8(21-2)5-11(12)16(19)20/h4-6,9H,3,14H2,1-2H3,(H,17,18). The minimum Gasteiger partial charge on any atom is -0.480 e. The van der Waals surface area contributed by atoms with Crippen molar-refractivity contribution < 1.29 is 14.8 Å². The maximum absolute atomic E-state index is 11.3. The van der Waals surface area contributed by atoms with Crippen LogP contribution in [-0.4, -0.2) is 32.9 Å². The van der Waals surface area contributed by atoms with Crippen LogP contribution in [-0.2, 0) is 18.3 Å². The molecule has 1 unspecified atom stereocenters. The zero-order valence-electron chi connectivity index (χ0n) is 11.6. The third-order valence-corrected chi connectivity index (χ3v) is 4.02. The Bertz CT molecular complexity index is 726. The molecule has 2 aromatic rings. The number of aromatic nitrogens is 1. The summed E-state index contributed by atoms with van der Waals surface area (Å²) >= 11 is 1.42. The van der Waals surface area contributed by atoms with Gasteiger partial charge in [-0.05, 0) is 17.9 Å². The van der Waals surface area contributed by atoms with Crippen LogP contribution in [0.5, 0.6) is 0 Å². The van der Waals surface area contributed by atoms with E-state index in [1.807, 2.05) is 12.3 Å². The molecule has 1 heterocycles. The van der Waals surface area contributed by atoms with Gasteiger partial charge in [0.1, 0.15) is 6.04 Å². The summed E-state index contributed by atoms with van der Waals surface area (Å²) < 4.78 is 1.76. The molecular formula is C13H15N3O4S. The molecule has 8 heteroatoms. The number of carboxylic acids is 1. The zero-order valence-corrected chi connectivity index (χ0v) is 12.4. The minimum atomic E-state index is -1.13. The first kappa shape index (κ1) is 15.3. The second-order valence-electron chi connectivity index (χ2n) is 4.71. The van der Waals surface area contributed by atoms with E-state index >= 15 is 0 Å². The smallest absolute Gasteiger partial charge is 0.320 e. The SMILES string of the molecule is CSc1cc([N+](=O)[O-])c2c(CC(N)C(=O)O)cn(C)c2c1. The lowest BCUT2D eigenvalue weighted by molar-refractivity contribution is -0.383. The minimum absolute atomic E-state index is 0.0231. The molecule has 0 bridgehead atoms. The van der Waals surface area contributed by atoms with Crippen LogP contribution >= 0.6 is 11.8 Å².